The molecule has 1 aromatic carbocycles. The van der Waals surface area contributed by atoms with Gasteiger partial charge in [-0.15, -0.1) is 0 Å². The van der Waals surface area contributed by atoms with Gasteiger partial charge in [-0.1, -0.05) is 12.1 Å². The van der Waals surface area contributed by atoms with Gasteiger partial charge >= 0.3 is 0 Å². The van der Waals surface area contributed by atoms with Gasteiger partial charge in [0.25, 0.3) is 0 Å². The van der Waals surface area contributed by atoms with E-state index in [9.17, 15) is 0 Å². The van der Waals surface area contributed by atoms with Gasteiger partial charge in [0, 0.05) is 12.8 Å². The number of methoxy groups -OCH3 is 1. The molecule has 0 aliphatic rings. The summed E-state index contributed by atoms with van der Waals surface area (Å²) >= 11 is 4.94. The third-order valence-electron chi connectivity index (χ3n) is 2.51. The van der Waals surface area contributed by atoms with Gasteiger partial charge in [0.15, 0.2) is 5.11 Å². The molecule has 0 saturated heterocycles. The molecule has 0 unspecified atom stereocenters. The number of hydrazone groups is 1. The van der Waals surface area contributed by atoms with E-state index in [-0.39, 0.29) is 0 Å². The van der Waals surface area contributed by atoms with E-state index in [2.05, 4.69) is 28.0 Å². The highest BCUT2D eigenvalue weighted by molar-refractivity contribution is 7.80. The zero-order chi connectivity index (χ0) is 13.4. The van der Waals surface area contributed by atoms with Crippen LogP contribution in [-0.4, -0.2) is 25.0 Å². The van der Waals surface area contributed by atoms with Gasteiger partial charge in [-0.25, -0.2) is 0 Å². The first kappa shape index (κ1) is 14.4. The summed E-state index contributed by atoms with van der Waals surface area (Å²) in [5, 5.41) is 7.51. The highest BCUT2D eigenvalue weighted by atomic mass is 32.1. The highest BCUT2D eigenvalue weighted by Crippen LogP contribution is 2.12. The van der Waals surface area contributed by atoms with Gasteiger partial charge in [-0.05, 0) is 49.7 Å². The third kappa shape index (κ3) is 5.14. The monoisotopic (exact) mass is 265 g/mol. The molecule has 0 aromatic heterocycles. The molecule has 0 amide bonds. The lowest BCUT2D eigenvalue weighted by Gasteiger charge is -2.05. The smallest absolute Gasteiger partial charge is 0.186 e. The molecular weight excluding hydrogens is 246 g/mol. The Bertz CT molecular complexity index is 415. The van der Waals surface area contributed by atoms with Crippen LogP contribution in [0.4, 0.5) is 0 Å². The number of hydrogen-bond donors (Lipinski definition) is 2. The first-order valence-corrected chi connectivity index (χ1v) is 6.20. The first-order valence-electron chi connectivity index (χ1n) is 5.79. The molecule has 0 radical (unpaired) electrons. The molecule has 0 fully saturated rings. The zero-order valence-corrected chi connectivity index (χ0v) is 11.8. The van der Waals surface area contributed by atoms with Crippen LogP contribution < -0.4 is 15.5 Å². The number of benzene rings is 1. The van der Waals surface area contributed by atoms with Crippen molar-refractivity contribution in [3.63, 3.8) is 0 Å². The average Bonchev–Trinajstić information content (AvgIpc) is 2.42. The molecular formula is C13H19N3OS. The van der Waals surface area contributed by atoms with Crippen LogP contribution in [0.3, 0.4) is 0 Å². The standard InChI is InChI=1S/C13H19N3OS/c1-10(15-16-13(18)14-2)4-5-11-6-8-12(17-3)9-7-11/h6-9H,4-5H2,1-3H3,(H2,14,16,18)/b15-10-. The van der Waals surface area contributed by atoms with Crippen molar-refractivity contribution in [1.29, 1.82) is 0 Å². The normalized spacial score (nSPS) is 10.9. The minimum Gasteiger partial charge on any atom is -0.497 e. The maximum atomic E-state index is 5.12. The van der Waals surface area contributed by atoms with Crippen molar-refractivity contribution < 1.29 is 4.74 Å². The van der Waals surface area contributed by atoms with Crippen LogP contribution in [0.1, 0.15) is 18.9 Å². The van der Waals surface area contributed by atoms with Crippen molar-refractivity contribution in [2.24, 2.45) is 5.10 Å². The molecule has 0 bridgehead atoms. The molecule has 0 aliphatic heterocycles. The maximum Gasteiger partial charge on any atom is 0.186 e. The van der Waals surface area contributed by atoms with Crippen molar-refractivity contribution >= 4 is 23.0 Å². The number of ether oxygens (including phenoxy) is 1. The molecule has 2 N–H and O–H groups in total. The SMILES string of the molecule is CNC(=S)N/N=C(/C)CCc1ccc(OC)cc1. The van der Waals surface area contributed by atoms with Gasteiger partial charge in [-0.3, -0.25) is 5.43 Å². The largest absolute Gasteiger partial charge is 0.497 e. The summed E-state index contributed by atoms with van der Waals surface area (Å²) in [6.07, 6.45) is 1.85. The van der Waals surface area contributed by atoms with Crippen molar-refractivity contribution in [2.75, 3.05) is 14.2 Å². The zero-order valence-electron chi connectivity index (χ0n) is 11.0. The van der Waals surface area contributed by atoms with Crippen molar-refractivity contribution in [3.05, 3.63) is 29.8 Å². The molecule has 0 atom stereocenters. The molecule has 0 saturated carbocycles. The summed E-state index contributed by atoms with van der Waals surface area (Å²) in [6, 6.07) is 8.07. The van der Waals surface area contributed by atoms with Gasteiger partial charge in [0.2, 0.25) is 0 Å². The minimum absolute atomic E-state index is 0.527. The fourth-order valence-electron chi connectivity index (χ4n) is 1.38. The number of nitrogens with zero attached hydrogens (tertiary/aromatic N) is 1. The summed E-state index contributed by atoms with van der Waals surface area (Å²) in [6.45, 7) is 1.98. The summed E-state index contributed by atoms with van der Waals surface area (Å²) in [7, 11) is 3.43. The van der Waals surface area contributed by atoms with Crippen LogP contribution in [0.5, 0.6) is 5.75 Å². The van der Waals surface area contributed by atoms with E-state index in [1.54, 1.807) is 14.2 Å². The van der Waals surface area contributed by atoms with Crippen molar-refractivity contribution in [1.82, 2.24) is 10.7 Å². The quantitative estimate of drug-likeness (QED) is 0.486. The summed E-state index contributed by atoms with van der Waals surface area (Å²) in [5.74, 6) is 0.880. The van der Waals surface area contributed by atoms with Crippen LogP contribution >= 0.6 is 12.2 Å². The van der Waals surface area contributed by atoms with Crippen LogP contribution in [0.2, 0.25) is 0 Å². The van der Waals surface area contributed by atoms with Crippen LogP contribution in [0, 0.1) is 0 Å². The Morgan fingerprint density at radius 1 is 1.33 bits per heavy atom. The van der Waals surface area contributed by atoms with Crippen molar-refractivity contribution in [2.45, 2.75) is 19.8 Å². The lowest BCUT2D eigenvalue weighted by atomic mass is 10.1. The summed E-state index contributed by atoms with van der Waals surface area (Å²) < 4.78 is 5.12. The fraction of sp³-hybridized carbons (Fsp3) is 0.385. The number of thiocarbonyl (C=S) groups is 1. The summed E-state index contributed by atoms with van der Waals surface area (Å²) in [4.78, 5) is 0. The fourth-order valence-corrected chi connectivity index (χ4v) is 1.42. The number of aryl methyl sites for hydroxylation is 1. The third-order valence-corrected chi connectivity index (χ3v) is 2.81. The van der Waals surface area contributed by atoms with Gasteiger partial charge < -0.3 is 10.1 Å². The van der Waals surface area contributed by atoms with Crippen molar-refractivity contribution in [3.8, 4) is 5.75 Å². The van der Waals surface area contributed by atoms with E-state index in [1.807, 2.05) is 19.1 Å². The van der Waals surface area contributed by atoms with Gasteiger partial charge in [0.1, 0.15) is 5.75 Å². The van der Waals surface area contributed by atoms with Crippen LogP contribution in [0.25, 0.3) is 0 Å². The lowest BCUT2D eigenvalue weighted by Crippen LogP contribution is -2.29. The highest BCUT2D eigenvalue weighted by Gasteiger charge is 1.97. The molecule has 0 spiro atoms. The van der Waals surface area contributed by atoms with Gasteiger partial charge in [-0.2, -0.15) is 5.10 Å². The first-order chi connectivity index (χ1) is 8.65. The molecule has 5 heteroatoms. The molecule has 18 heavy (non-hydrogen) atoms. The predicted molar refractivity (Wildman–Crippen MR) is 79.2 cm³/mol. The summed E-state index contributed by atoms with van der Waals surface area (Å²) in [5.41, 5.74) is 5.06. The van der Waals surface area contributed by atoms with E-state index < -0.39 is 0 Å². The van der Waals surface area contributed by atoms with Crippen LogP contribution in [0.15, 0.2) is 29.4 Å². The van der Waals surface area contributed by atoms with E-state index in [0.29, 0.717) is 5.11 Å². The second-order valence-corrected chi connectivity index (χ2v) is 4.29. The van der Waals surface area contributed by atoms with E-state index in [1.165, 1.54) is 5.56 Å². The molecule has 0 heterocycles. The second-order valence-electron chi connectivity index (χ2n) is 3.89. The van der Waals surface area contributed by atoms with Crippen LogP contribution in [-0.2, 0) is 6.42 Å². The Balaban J connectivity index is 2.41. The van der Waals surface area contributed by atoms with E-state index in [4.69, 9.17) is 17.0 Å². The topological polar surface area (TPSA) is 45.7 Å². The molecule has 0 aliphatic carbocycles. The Morgan fingerprint density at radius 3 is 2.56 bits per heavy atom. The minimum atomic E-state index is 0.527. The molecule has 1 aromatic rings. The molecule has 98 valence electrons. The Kier molecular flexibility index (Phi) is 6.14. The number of hydrogen-bond acceptors (Lipinski definition) is 3. The number of rotatable bonds is 5. The lowest BCUT2D eigenvalue weighted by molar-refractivity contribution is 0.414. The van der Waals surface area contributed by atoms with E-state index in [0.717, 1.165) is 24.3 Å². The molecule has 4 nitrogen and oxygen atoms in total. The second kappa shape index (κ2) is 7.66. The Hall–Kier alpha value is -1.62. The number of nitrogens with one attached hydrogen (secondary N) is 2. The average molecular weight is 265 g/mol. The van der Waals surface area contributed by atoms with Gasteiger partial charge in [0.05, 0.1) is 7.11 Å². The Labute approximate surface area is 113 Å². The maximum absolute atomic E-state index is 5.12. The Morgan fingerprint density at radius 2 is 2.00 bits per heavy atom. The van der Waals surface area contributed by atoms with E-state index >= 15 is 0 Å². The molecule has 1 rings (SSSR count). The predicted octanol–water partition coefficient (Wildman–Crippen LogP) is 2.10.